The molecule has 1 aromatic carbocycles. The quantitative estimate of drug-likeness (QED) is 0.557. The Morgan fingerprint density at radius 2 is 1.75 bits per heavy atom. The SMILES string of the molecule is CC(C)(C)c1ccc(OCCC(=O)OCC(=O)NNC(=O)c2ccco2)cc1. The maximum atomic E-state index is 11.7. The lowest BCUT2D eigenvalue weighted by atomic mass is 9.87. The van der Waals surface area contributed by atoms with Crippen molar-refractivity contribution in [1.29, 1.82) is 0 Å². The molecule has 1 heterocycles. The molecule has 1 aromatic heterocycles. The average Bonchev–Trinajstić information content (AvgIpc) is 3.19. The Bertz CT molecular complexity index is 791. The topological polar surface area (TPSA) is 107 Å². The van der Waals surface area contributed by atoms with E-state index in [1.54, 1.807) is 6.07 Å². The molecular formula is C20H24N2O6. The molecule has 0 fully saturated rings. The van der Waals surface area contributed by atoms with Gasteiger partial charge in [-0.15, -0.1) is 0 Å². The van der Waals surface area contributed by atoms with Crippen molar-refractivity contribution < 1.29 is 28.3 Å². The van der Waals surface area contributed by atoms with Gasteiger partial charge in [-0.3, -0.25) is 25.2 Å². The van der Waals surface area contributed by atoms with Crippen LogP contribution in [0.3, 0.4) is 0 Å². The minimum atomic E-state index is -0.674. The van der Waals surface area contributed by atoms with E-state index in [-0.39, 0.29) is 24.2 Å². The average molecular weight is 388 g/mol. The normalized spacial score (nSPS) is 10.8. The molecule has 0 atom stereocenters. The molecular weight excluding hydrogens is 364 g/mol. The fourth-order valence-corrected chi connectivity index (χ4v) is 2.15. The summed E-state index contributed by atoms with van der Waals surface area (Å²) in [6.45, 7) is 5.98. The van der Waals surface area contributed by atoms with Crippen molar-refractivity contribution in [3.8, 4) is 5.75 Å². The number of nitrogens with one attached hydrogen (secondary N) is 2. The number of hydrogen-bond donors (Lipinski definition) is 2. The molecule has 0 aliphatic heterocycles. The van der Waals surface area contributed by atoms with E-state index in [2.05, 4.69) is 31.6 Å². The van der Waals surface area contributed by atoms with Crippen LogP contribution in [-0.4, -0.2) is 31.0 Å². The highest BCUT2D eigenvalue weighted by atomic mass is 16.5. The summed E-state index contributed by atoms with van der Waals surface area (Å²) in [5.74, 6) is -1.18. The summed E-state index contributed by atoms with van der Waals surface area (Å²) >= 11 is 0. The zero-order valence-corrected chi connectivity index (χ0v) is 16.1. The largest absolute Gasteiger partial charge is 0.493 e. The number of ether oxygens (including phenoxy) is 2. The third-order valence-electron chi connectivity index (χ3n) is 3.72. The van der Waals surface area contributed by atoms with Gasteiger partial charge >= 0.3 is 11.9 Å². The molecule has 2 aromatic rings. The van der Waals surface area contributed by atoms with E-state index in [0.29, 0.717) is 5.75 Å². The summed E-state index contributed by atoms with van der Waals surface area (Å²) in [5.41, 5.74) is 5.50. The van der Waals surface area contributed by atoms with Gasteiger partial charge in [-0.1, -0.05) is 32.9 Å². The summed E-state index contributed by atoms with van der Waals surface area (Å²) in [4.78, 5) is 34.8. The number of benzene rings is 1. The minimum absolute atomic E-state index is 0.00689. The van der Waals surface area contributed by atoms with Gasteiger partial charge in [-0.05, 0) is 35.2 Å². The Morgan fingerprint density at radius 1 is 1.04 bits per heavy atom. The van der Waals surface area contributed by atoms with Crippen LogP contribution in [0.2, 0.25) is 0 Å². The highest BCUT2D eigenvalue weighted by Gasteiger charge is 2.14. The van der Waals surface area contributed by atoms with Crippen LogP contribution in [0.15, 0.2) is 47.1 Å². The minimum Gasteiger partial charge on any atom is -0.493 e. The number of furan rings is 1. The van der Waals surface area contributed by atoms with Gasteiger partial charge in [0.2, 0.25) is 0 Å². The Labute approximate surface area is 163 Å². The van der Waals surface area contributed by atoms with E-state index in [9.17, 15) is 14.4 Å². The maximum absolute atomic E-state index is 11.7. The van der Waals surface area contributed by atoms with Crippen LogP contribution in [0.1, 0.15) is 43.3 Å². The first-order valence-electron chi connectivity index (χ1n) is 8.77. The summed E-state index contributed by atoms with van der Waals surface area (Å²) in [6.07, 6.45) is 1.33. The summed E-state index contributed by atoms with van der Waals surface area (Å²) < 4.78 is 15.2. The van der Waals surface area contributed by atoms with Gasteiger partial charge < -0.3 is 13.9 Å². The Morgan fingerprint density at radius 3 is 2.36 bits per heavy atom. The van der Waals surface area contributed by atoms with E-state index < -0.39 is 24.4 Å². The first kappa shape index (κ1) is 21.0. The fraction of sp³-hybridized carbons (Fsp3) is 0.350. The zero-order chi connectivity index (χ0) is 20.6. The number of amides is 2. The molecule has 0 aliphatic rings. The first-order valence-corrected chi connectivity index (χ1v) is 8.77. The lowest BCUT2D eigenvalue weighted by Gasteiger charge is -2.19. The van der Waals surface area contributed by atoms with Gasteiger partial charge in [0.15, 0.2) is 12.4 Å². The molecule has 0 bridgehead atoms. The van der Waals surface area contributed by atoms with Gasteiger partial charge in [0.1, 0.15) is 5.75 Å². The molecule has 2 N–H and O–H groups in total. The fourth-order valence-electron chi connectivity index (χ4n) is 2.15. The van der Waals surface area contributed by atoms with Crippen molar-refractivity contribution in [3.05, 3.63) is 54.0 Å². The van der Waals surface area contributed by atoms with E-state index in [0.717, 1.165) is 0 Å². The molecule has 150 valence electrons. The van der Waals surface area contributed by atoms with E-state index in [1.165, 1.54) is 17.9 Å². The highest BCUT2D eigenvalue weighted by molar-refractivity contribution is 5.93. The maximum Gasteiger partial charge on any atom is 0.309 e. The molecule has 8 nitrogen and oxygen atoms in total. The summed E-state index contributed by atoms with van der Waals surface area (Å²) in [6, 6.07) is 10.6. The van der Waals surface area contributed by atoms with Crippen LogP contribution in [0.4, 0.5) is 0 Å². The first-order chi connectivity index (χ1) is 13.3. The third kappa shape index (κ3) is 6.79. The molecule has 0 saturated heterocycles. The molecule has 0 unspecified atom stereocenters. The second kappa shape index (κ2) is 9.59. The van der Waals surface area contributed by atoms with Crippen molar-refractivity contribution in [2.75, 3.05) is 13.2 Å². The predicted molar refractivity (Wildman–Crippen MR) is 101 cm³/mol. The van der Waals surface area contributed by atoms with Crippen molar-refractivity contribution in [2.45, 2.75) is 32.6 Å². The van der Waals surface area contributed by atoms with Crippen LogP contribution in [0, 0.1) is 0 Å². The Hall–Kier alpha value is -3.29. The monoisotopic (exact) mass is 388 g/mol. The van der Waals surface area contributed by atoms with Gasteiger partial charge in [-0.25, -0.2) is 0 Å². The number of esters is 1. The molecule has 0 radical (unpaired) electrons. The van der Waals surface area contributed by atoms with Crippen molar-refractivity contribution in [2.24, 2.45) is 0 Å². The van der Waals surface area contributed by atoms with E-state index >= 15 is 0 Å². The highest BCUT2D eigenvalue weighted by Crippen LogP contribution is 2.24. The molecule has 0 spiro atoms. The summed E-state index contributed by atoms with van der Waals surface area (Å²) in [7, 11) is 0. The van der Waals surface area contributed by atoms with Crippen molar-refractivity contribution >= 4 is 17.8 Å². The number of hydrogen-bond acceptors (Lipinski definition) is 6. The molecule has 28 heavy (non-hydrogen) atoms. The molecule has 0 aliphatic carbocycles. The number of carbonyl (C=O) groups is 3. The van der Waals surface area contributed by atoms with E-state index in [4.69, 9.17) is 13.9 Å². The predicted octanol–water partition coefficient (Wildman–Crippen LogP) is 2.35. The van der Waals surface area contributed by atoms with Crippen LogP contribution in [0.5, 0.6) is 5.75 Å². The number of rotatable bonds is 7. The van der Waals surface area contributed by atoms with Crippen LogP contribution >= 0.6 is 0 Å². The van der Waals surface area contributed by atoms with Gasteiger partial charge in [0.25, 0.3) is 5.91 Å². The van der Waals surface area contributed by atoms with Crippen LogP contribution < -0.4 is 15.6 Å². The number of hydrazine groups is 1. The third-order valence-corrected chi connectivity index (χ3v) is 3.72. The standard InChI is InChI=1S/C20H24N2O6/c1-20(2,3)14-6-8-15(9-7-14)26-12-10-18(24)28-13-17(23)21-22-19(25)16-5-4-11-27-16/h4-9,11H,10,12-13H2,1-3H3,(H,21,23)(H,22,25). The number of carbonyl (C=O) groups excluding carboxylic acids is 3. The molecule has 0 saturated carbocycles. The Kier molecular flexibility index (Phi) is 7.20. The van der Waals surface area contributed by atoms with Crippen LogP contribution in [-0.2, 0) is 19.7 Å². The lowest BCUT2D eigenvalue weighted by Crippen LogP contribution is -2.43. The van der Waals surface area contributed by atoms with Crippen molar-refractivity contribution in [3.63, 3.8) is 0 Å². The molecule has 2 rings (SSSR count). The van der Waals surface area contributed by atoms with Gasteiger partial charge in [0, 0.05) is 0 Å². The summed E-state index contributed by atoms with van der Waals surface area (Å²) in [5, 5.41) is 0. The van der Waals surface area contributed by atoms with Crippen molar-refractivity contribution in [1.82, 2.24) is 10.9 Å². The zero-order valence-electron chi connectivity index (χ0n) is 16.1. The van der Waals surface area contributed by atoms with Crippen LogP contribution in [0.25, 0.3) is 0 Å². The smallest absolute Gasteiger partial charge is 0.309 e. The molecule has 2 amide bonds. The van der Waals surface area contributed by atoms with Gasteiger partial charge in [0.05, 0.1) is 19.3 Å². The lowest BCUT2D eigenvalue weighted by molar-refractivity contribution is -0.149. The second-order valence-electron chi connectivity index (χ2n) is 7.01. The Balaban J connectivity index is 1.62. The second-order valence-corrected chi connectivity index (χ2v) is 7.01. The van der Waals surface area contributed by atoms with Gasteiger partial charge in [-0.2, -0.15) is 0 Å². The molecule has 8 heteroatoms. The van der Waals surface area contributed by atoms with E-state index in [1.807, 2.05) is 24.3 Å².